The summed E-state index contributed by atoms with van der Waals surface area (Å²) < 4.78 is 0. The molecule has 0 radical (unpaired) electrons. The Morgan fingerprint density at radius 1 is 1.05 bits per heavy atom. The topological polar surface area (TPSA) is 6.48 Å². The molecular weight excluding hydrogens is 244 g/mol. The van der Waals surface area contributed by atoms with Crippen molar-refractivity contribution in [2.24, 2.45) is 0 Å². The van der Waals surface area contributed by atoms with E-state index in [4.69, 9.17) is 0 Å². The van der Waals surface area contributed by atoms with Crippen LogP contribution in [0.25, 0.3) is 0 Å². The van der Waals surface area contributed by atoms with Crippen LogP contribution in [0, 0.1) is 0 Å². The molecule has 1 atom stereocenters. The minimum Gasteiger partial charge on any atom is -0.300 e. The van der Waals surface area contributed by atoms with E-state index in [1.165, 1.54) is 64.0 Å². The van der Waals surface area contributed by atoms with Crippen molar-refractivity contribution in [3.05, 3.63) is 35.9 Å². The van der Waals surface area contributed by atoms with Crippen LogP contribution in [0.4, 0.5) is 0 Å². The Balaban J connectivity index is 1.36. The molecule has 0 bridgehead atoms. The summed E-state index contributed by atoms with van der Waals surface area (Å²) in [5.41, 5.74) is 1.49. The van der Waals surface area contributed by atoms with Crippen LogP contribution in [-0.4, -0.2) is 48.6 Å². The molecule has 2 aliphatic rings. The Hall–Kier alpha value is -0.860. The van der Waals surface area contributed by atoms with Crippen molar-refractivity contribution in [3.63, 3.8) is 0 Å². The Morgan fingerprint density at radius 3 is 2.45 bits per heavy atom. The van der Waals surface area contributed by atoms with Crippen LogP contribution < -0.4 is 0 Å². The number of piperidine rings is 1. The molecule has 2 saturated heterocycles. The fraction of sp³-hybridized carbons (Fsp3) is 0.667. The number of rotatable bonds is 5. The molecule has 1 aromatic carbocycles. The molecule has 2 nitrogen and oxygen atoms in total. The van der Waals surface area contributed by atoms with Crippen LogP contribution in [0.1, 0.15) is 44.1 Å². The molecule has 0 aliphatic carbocycles. The Kier molecular flexibility index (Phi) is 4.74. The molecule has 110 valence electrons. The summed E-state index contributed by atoms with van der Waals surface area (Å²) in [6.07, 6.45) is 5.57. The van der Waals surface area contributed by atoms with Crippen LogP contribution in [0.3, 0.4) is 0 Å². The van der Waals surface area contributed by atoms with Gasteiger partial charge in [0.05, 0.1) is 0 Å². The maximum Gasteiger partial charge on any atom is 0.0350 e. The van der Waals surface area contributed by atoms with E-state index < -0.39 is 0 Å². The van der Waals surface area contributed by atoms with Gasteiger partial charge in [0.25, 0.3) is 0 Å². The van der Waals surface area contributed by atoms with E-state index in [1.807, 2.05) is 0 Å². The van der Waals surface area contributed by atoms with E-state index in [0.717, 1.165) is 6.04 Å². The third kappa shape index (κ3) is 3.42. The molecule has 3 rings (SSSR count). The lowest BCUT2D eigenvalue weighted by Gasteiger charge is -2.47. The van der Waals surface area contributed by atoms with Gasteiger partial charge in [-0.05, 0) is 50.4 Å². The van der Waals surface area contributed by atoms with Gasteiger partial charge in [-0.2, -0.15) is 0 Å². The normalized spacial score (nSPS) is 23.4. The van der Waals surface area contributed by atoms with E-state index in [0.29, 0.717) is 5.92 Å². The Morgan fingerprint density at radius 2 is 1.75 bits per heavy atom. The molecule has 2 fully saturated rings. The van der Waals surface area contributed by atoms with Gasteiger partial charge in [-0.3, -0.25) is 4.90 Å². The van der Waals surface area contributed by atoms with Gasteiger partial charge in [0.15, 0.2) is 0 Å². The average molecular weight is 272 g/mol. The second kappa shape index (κ2) is 6.73. The number of benzene rings is 1. The fourth-order valence-electron chi connectivity index (χ4n) is 3.56. The van der Waals surface area contributed by atoms with E-state index in [2.05, 4.69) is 47.1 Å². The molecule has 0 spiro atoms. The van der Waals surface area contributed by atoms with Gasteiger partial charge in [0.2, 0.25) is 0 Å². The lowest BCUT2D eigenvalue weighted by molar-refractivity contribution is 0.0221. The fourth-order valence-corrected chi connectivity index (χ4v) is 3.56. The summed E-state index contributed by atoms with van der Waals surface area (Å²) in [7, 11) is 0. The maximum atomic E-state index is 2.72. The van der Waals surface area contributed by atoms with Crippen LogP contribution in [0.5, 0.6) is 0 Å². The zero-order chi connectivity index (χ0) is 13.8. The second-order valence-corrected chi connectivity index (χ2v) is 6.61. The minimum absolute atomic E-state index is 0.685. The van der Waals surface area contributed by atoms with Crippen LogP contribution >= 0.6 is 0 Å². The van der Waals surface area contributed by atoms with Crippen molar-refractivity contribution in [1.29, 1.82) is 0 Å². The summed E-state index contributed by atoms with van der Waals surface area (Å²) in [4.78, 5) is 5.36. The highest BCUT2D eigenvalue weighted by Gasteiger charge is 2.31. The standard InChI is InChI=1S/C18H28N2/c1-16(17-8-4-2-5-9-17)10-13-19-14-18(15-19)20-11-6-3-7-12-20/h2,4-5,8-9,16,18H,3,6-7,10-15H2,1H3/t16-/m1/s1. The predicted octanol–water partition coefficient (Wildman–Crippen LogP) is 3.35. The zero-order valence-electron chi connectivity index (χ0n) is 12.8. The van der Waals surface area contributed by atoms with Crippen molar-refractivity contribution in [3.8, 4) is 0 Å². The molecule has 0 aromatic heterocycles. The molecule has 0 amide bonds. The highest BCUT2D eigenvalue weighted by molar-refractivity contribution is 5.18. The molecule has 0 saturated carbocycles. The van der Waals surface area contributed by atoms with Gasteiger partial charge >= 0.3 is 0 Å². The van der Waals surface area contributed by atoms with Gasteiger partial charge in [0, 0.05) is 19.1 Å². The quantitative estimate of drug-likeness (QED) is 0.811. The van der Waals surface area contributed by atoms with Gasteiger partial charge in [-0.1, -0.05) is 43.7 Å². The first kappa shape index (κ1) is 14.1. The van der Waals surface area contributed by atoms with Crippen molar-refractivity contribution < 1.29 is 0 Å². The first-order chi connectivity index (χ1) is 9.83. The largest absolute Gasteiger partial charge is 0.300 e. The molecule has 2 heterocycles. The van der Waals surface area contributed by atoms with Crippen LogP contribution in [-0.2, 0) is 0 Å². The van der Waals surface area contributed by atoms with Crippen molar-refractivity contribution in [1.82, 2.24) is 9.80 Å². The highest BCUT2D eigenvalue weighted by Crippen LogP contribution is 2.23. The van der Waals surface area contributed by atoms with Crippen molar-refractivity contribution >= 4 is 0 Å². The monoisotopic (exact) mass is 272 g/mol. The van der Waals surface area contributed by atoms with Crippen molar-refractivity contribution in [2.45, 2.75) is 44.6 Å². The molecular formula is C18H28N2. The molecule has 1 aromatic rings. The predicted molar refractivity (Wildman–Crippen MR) is 85.1 cm³/mol. The smallest absolute Gasteiger partial charge is 0.0350 e. The van der Waals surface area contributed by atoms with E-state index in [9.17, 15) is 0 Å². The highest BCUT2D eigenvalue weighted by atomic mass is 15.3. The summed E-state index contributed by atoms with van der Waals surface area (Å²) in [6, 6.07) is 11.8. The lowest BCUT2D eigenvalue weighted by atomic mass is 9.96. The summed E-state index contributed by atoms with van der Waals surface area (Å²) in [6.45, 7) is 8.93. The van der Waals surface area contributed by atoms with Crippen LogP contribution in [0.15, 0.2) is 30.3 Å². The molecule has 2 aliphatic heterocycles. The first-order valence-electron chi connectivity index (χ1n) is 8.34. The number of hydrogen-bond donors (Lipinski definition) is 0. The van der Waals surface area contributed by atoms with E-state index in [1.54, 1.807) is 0 Å². The average Bonchev–Trinajstić information content (AvgIpc) is 2.47. The third-order valence-corrected chi connectivity index (χ3v) is 5.09. The first-order valence-corrected chi connectivity index (χ1v) is 8.34. The SMILES string of the molecule is C[C@H](CCN1CC(N2CCCCC2)C1)c1ccccc1. The Bertz CT molecular complexity index is 391. The van der Waals surface area contributed by atoms with E-state index in [-0.39, 0.29) is 0 Å². The van der Waals surface area contributed by atoms with Crippen LogP contribution in [0.2, 0.25) is 0 Å². The van der Waals surface area contributed by atoms with E-state index >= 15 is 0 Å². The number of hydrogen-bond acceptors (Lipinski definition) is 2. The Labute approximate surface area is 123 Å². The van der Waals surface area contributed by atoms with Gasteiger partial charge in [-0.25, -0.2) is 0 Å². The molecule has 2 heteroatoms. The summed E-state index contributed by atoms with van der Waals surface area (Å²) in [5, 5.41) is 0. The lowest BCUT2D eigenvalue weighted by Crippen LogP contribution is -2.60. The molecule has 20 heavy (non-hydrogen) atoms. The van der Waals surface area contributed by atoms with Gasteiger partial charge in [-0.15, -0.1) is 0 Å². The summed E-state index contributed by atoms with van der Waals surface area (Å²) in [5.74, 6) is 0.685. The third-order valence-electron chi connectivity index (χ3n) is 5.09. The van der Waals surface area contributed by atoms with Crippen molar-refractivity contribution in [2.75, 3.05) is 32.7 Å². The molecule has 0 unspecified atom stereocenters. The van der Waals surface area contributed by atoms with Gasteiger partial charge in [0.1, 0.15) is 0 Å². The second-order valence-electron chi connectivity index (χ2n) is 6.61. The zero-order valence-corrected chi connectivity index (χ0v) is 12.8. The number of nitrogens with zero attached hydrogens (tertiary/aromatic N) is 2. The summed E-state index contributed by atoms with van der Waals surface area (Å²) >= 11 is 0. The maximum absolute atomic E-state index is 2.72. The minimum atomic E-state index is 0.685. The molecule has 0 N–H and O–H groups in total. The van der Waals surface area contributed by atoms with Gasteiger partial charge < -0.3 is 4.90 Å². The number of likely N-dealkylation sites (tertiary alicyclic amines) is 2.